The third kappa shape index (κ3) is 4.40. The van der Waals surface area contributed by atoms with Crippen LogP contribution in [-0.4, -0.2) is 42.0 Å². The lowest BCUT2D eigenvalue weighted by molar-refractivity contribution is 0.412. The molecule has 0 aromatic carbocycles. The molecule has 1 aliphatic heterocycles. The Hall–Kier alpha value is -0.720. The van der Waals surface area contributed by atoms with Crippen molar-refractivity contribution >= 4 is 21.6 Å². The van der Waals surface area contributed by atoms with Crippen LogP contribution >= 0.6 is 11.6 Å². The molecule has 0 unspecified atom stereocenters. The van der Waals surface area contributed by atoms with Gasteiger partial charge in [0.05, 0.1) is 6.26 Å². The highest BCUT2D eigenvalue weighted by Crippen LogP contribution is 2.22. The van der Waals surface area contributed by atoms with Gasteiger partial charge >= 0.3 is 0 Å². The quantitative estimate of drug-likeness (QED) is 0.798. The van der Waals surface area contributed by atoms with Crippen molar-refractivity contribution in [1.82, 2.24) is 14.3 Å². The predicted molar refractivity (Wildman–Crippen MR) is 74.5 cm³/mol. The number of rotatable bonds is 3. The summed E-state index contributed by atoms with van der Waals surface area (Å²) in [5.41, 5.74) is 0.929. The standard InChI is InChI=1S/C12H18ClN3O2S/c1-19(17,18)16-5-2-3-10(4-6-16)7-11-8-12(13)15-9-14-11/h8-10H,2-7H2,1H3/t10-/m1/s1. The molecule has 0 saturated carbocycles. The van der Waals surface area contributed by atoms with E-state index >= 15 is 0 Å². The maximum Gasteiger partial charge on any atom is 0.211 e. The van der Waals surface area contributed by atoms with Crippen molar-refractivity contribution in [3.63, 3.8) is 0 Å². The van der Waals surface area contributed by atoms with Crippen LogP contribution in [0.4, 0.5) is 0 Å². The Morgan fingerprint density at radius 2 is 2.16 bits per heavy atom. The fraction of sp³-hybridized carbons (Fsp3) is 0.667. The van der Waals surface area contributed by atoms with Gasteiger partial charge in [0.1, 0.15) is 11.5 Å². The molecule has 1 aromatic heterocycles. The highest BCUT2D eigenvalue weighted by Gasteiger charge is 2.23. The topological polar surface area (TPSA) is 63.2 Å². The van der Waals surface area contributed by atoms with E-state index in [1.807, 2.05) is 0 Å². The molecule has 0 amide bonds. The van der Waals surface area contributed by atoms with E-state index in [1.54, 1.807) is 10.4 Å². The molecule has 19 heavy (non-hydrogen) atoms. The maximum atomic E-state index is 11.5. The number of sulfonamides is 1. The van der Waals surface area contributed by atoms with E-state index in [0.717, 1.165) is 31.4 Å². The van der Waals surface area contributed by atoms with Crippen molar-refractivity contribution < 1.29 is 8.42 Å². The second-order valence-corrected chi connectivity index (χ2v) is 7.36. The van der Waals surface area contributed by atoms with Gasteiger partial charge in [-0.25, -0.2) is 22.7 Å². The molecule has 0 radical (unpaired) electrons. The Balaban J connectivity index is 1.96. The van der Waals surface area contributed by atoms with Crippen LogP contribution in [0.25, 0.3) is 0 Å². The Kier molecular flexibility index (Phi) is 4.76. The first-order chi connectivity index (χ1) is 8.95. The number of hydrogen-bond acceptors (Lipinski definition) is 4. The third-order valence-corrected chi connectivity index (χ3v) is 4.97. The van der Waals surface area contributed by atoms with Gasteiger partial charge in [-0.1, -0.05) is 11.6 Å². The van der Waals surface area contributed by atoms with Gasteiger partial charge in [0, 0.05) is 18.8 Å². The lowest BCUT2D eigenvalue weighted by atomic mass is 9.95. The smallest absolute Gasteiger partial charge is 0.211 e. The first-order valence-corrected chi connectivity index (χ1v) is 8.59. The number of hydrogen-bond donors (Lipinski definition) is 0. The average molecular weight is 304 g/mol. The van der Waals surface area contributed by atoms with E-state index in [4.69, 9.17) is 11.6 Å². The second-order valence-electron chi connectivity index (χ2n) is 5.00. The molecule has 0 aliphatic carbocycles. The van der Waals surface area contributed by atoms with Gasteiger partial charge in [0.25, 0.3) is 0 Å². The summed E-state index contributed by atoms with van der Waals surface area (Å²) >= 11 is 5.84. The van der Waals surface area contributed by atoms with Crippen molar-refractivity contribution in [1.29, 1.82) is 0 Å². The zero-order valence-electron chi connectivity index (χ0n) is 10.9. The molecular weight excluding hydrogens is 286 g/mol. The van der Waals surface area contributed by atoms with Gasteiger partial charge in [-0.2, -0.15) is 0 Å². The Morgan fingerprint density at radius 1 is 1.37 bits per heavy atom. The highest BCUT2D eigenvalue weighted by molar-refractivity contribution is 7.88. The van der Waals surface area contributed by atoms with Crippen LogP contribution < -0.4 is 0 Å². The molecule has 1 saturated heterocycles. The van der Waals surface area contributed by atoms with Crippen LogP contribution in [-0.2, 0) is 16.4 Å². The lowest BCUT2D eigenvalue weighted by Gasteiger charge is -2.17. The van der Waals surface area contributed by atoms with E-state index in [9.17, 15) is 8.42 Å². The van der Waals surface area contributed by atoms with E-state index in [-0.39, 0.29) is 0 Å². The summed E-state index contributed by atoms with van der Waals surface area (Å²) in [6.07, 6.45) is 6.37. The largest absolute Gasteiger partial charge is 0.241 e. The highest BCUT2D eigenvalue weighted by atomic mass is 35.5. The van der Waals surface area contributed by atoms with Crippen LogP contribution in [0.15, 0.2) is 12.4 Å². The fourth-order valence-corrected chi connectivity index (χ4v) is 3.52. The van der Waals surface area contributed by atoms with Crippen LogP contribution in [0.1, 0.15) is 25.0 Å². The zero-order valence-corrected chi connectivity index (χ0v) is 12.5. The monoisotopic (exact) mass is 303 g/mol. The van der Waals surface area contributed by atoms with Gasteiger partial charge in [0.15, 0.2) is 0 Å². The van der Waals surface area contributed by atoms with E-state index < -0.39 is 10.0 Å². The molecular formula is C12H18ClN3O2S. The number of halogens is 1. The van der Waals surface area contributed by atoms with E-state index in [0.29, 0.717) is 24.2 Å². The maximum absolute atomic E-state index is 11.5. The van der Waals surface area contributed by atoms with Gasteiger partial charge in [-0.15, -0.1) is 0 Å². The Morgan fingerprint density at radius 3 is 2.84 bits per heavy atom. The van der Waals surface area contributed by atoms with Crippen molar-refractivity contribution in [2.75, 3.05) is 19.3 Å². The SMILES string of the molecule is CS(=O)(=O)N1CCC[C@@H](Cc2cc(Cl)ncn2)CC1. The Bertz CT molecular complexity index is 536. The molecule has 1 fully saturated rings. The summed E-state index contributed by atoms with van der Waals surface area (Å²) in [7, 11) is -3.07. The molecule has 2 rings (SSSR count). The summed E-state index contributed by atoms with van der Waals surface area (Å²) in [5.74, 6) is 0.456. The first-order valence-electron chi connectivity index (χ1n) is 6.36. The van der Waals surface area contributed by atoms with Crippen molar-refractivity contribution in [2.24, 2.45) is 5.92 Å². The van der Waals surface area contributed by atoms with Gasteiger partial charge in [0.2, 0.25) is 10.0 Å². The molecule has 0 N–H and O–H groups in total. The van der Waals surface area contributed by atoms with Gasteiger partial charge in [-0.05, 0) is 37.7 Å². The molecule has 106 valence electrons. The number of aromatic nitrogens is 2. The lowest BCUT2D eigenvalue weighted by Crippen LogP contribution is -2.30. The summed E-state index contributed by atoms with van der Waals surface area (Å²) in [4.78, 5) is 8.07. The van der Waals surface area contributed by atoms with Crippen molar-refractivity contribution in [3.8, 4) is 0 Å². The van der Waals surface area contributed by atoms with Gasteiger partial charge < -0.3 is 0 Å². The first kappa shape index (κ1) is 14.7. The van der Waals surface area contributed by atoms with Gasteiger partial charge in [-0.3, -0.25) is 0 Å². The minimum absolute atomic E-state index is 0.455. The average Bonchev–Trinajstić information content (AvgIpc) is 2.54. The molecule has 7 heteroatoms. The van der Waals surface area contributed by atoms with Crippen molar-refractivity contribution in [2.45, 2.75) is 25.7 Å². The van der Waals surface area contributed by atoms with Crippen LogP contribution in [0.2, 0.25) is 5.15 Å². The fourth-order valence-electron chi connectivity index (χ4n) is 2.45. The predicted octanol–water partition coefficient (Wildman–Crippen LogP) is 1.73. The second kappa shape index (κ2) is 6.15. The molecule has 1 aromatic rings. The number of nitrogens with zero attached hydrogens (tertiary/aromatic N) is 3. The summed E-state index contributed by atoms with van der Waals surface area (Å²) in [6, 6.07) is 1.78. The summed E-state index contributed by atoms with van der Waals surface area (Å²) in [5, 5.41) is 0.455. The zero-order chi connectivity index (χ0) is 13.9. The molecule has 0 spiro atoms. The van der Waals surface area contributed by atoms with E-state index in [2.05, 4.69) is 9.97 Å². The van der Waals surface area contributed by atoms with E-state index in [1.165, 1.54) is 12.6 Å². The minimum Gasteiger partial charge on any atom is -0.241 e. The Labute approximate surface area is 119 Å². The third-order valence-electron chi connectivity index (χ3n) is 3.46. The molecule has 2 heterocycles. The minimum atomic E-state index is -3.07. The van der Waals surface area contributed by atoms with Crippen LogP contribution in [0, 0.1) is 5.92 Å². The normalized spacial score (nSPS) is 22.1. The van der Waals surface area contributed by atoms with Crippen LogP contribution in [0.3, 0.4) is 0 Å². The molecule has 5 nitrogen and oxygen atoms in total. The molecule has 0 bridgehead atoms. The van der Waals surface area contributed by atoms with Crippen molar-refractivity contribution in [3.05, 3.63) is 23.2 Å². The van der Waals surface area contributed by atoms with Crippen LogP contribution in [0.5, 0.6) is 0 Å². The molecule has 1 aliphatic rings. The summed E-state index contributed by atoms with van der Waals surface area (Å²) in [6.45, 7) is 1.22. The molecule has 1 atom stereocenters. The summed E-state index contributed by atoms with van der Waals surface area (Å²) < 4.78 is 24.6.